The molecular formula is C12H16ClNO. The molecular weight excluding hydrogens is 210 g/mol. The zero-order valence-electron chi connectivity index (χ0n) is 9.36. The van der Waals surface area contributed by atoms with E-state index in [2.05, 4.69) is 19.2 Å². The lowest BCUT2D eigenvalue weighted by atomic mass is 9.78. The van der Waals surface area contributed by atoms with Crippen LogP contribution in [0, 0.1) is 0 Å². The van der Waals surface area contributed by atoms with Gasteiger partial charge in [0.1, 0.15) is 5.75 Å². The third-order valence-electron chi connectivity index (χ3n) is 3.09. The Labute approximate surface area is 95.6 Å². The van der Waals surface area contributed by atoms with Gasteiger partial charge in [-0.1, -0.05) is 25.4 Å². The maximum absolute atomic E-state index is 6.09. The molecule has 0 saturated carbocycles. The number of hydrogen-bond acceptors (Lipinski definition) is 2. The van der Waals surface area contributed by atoms with Gasteiger partial charge in [0.15, 0.2) is 0 Å². The number of nitrogens with one attached hydrogen (secondary N) is 1. The van der Waals surface area contributed by atoms with Crippen LogP contribution in [0.15, 0.2) is 12.1 Å². The van der Waals surface area contributed by atoms with Crippen LogP contribution in [0.1, 0.15) is 25.8 Å². The van der Waals surface area contributed by atoms with Crippen LogP contribution < -0.4 is 10.1 Å². The number of rotatable bonds is 1. The third kappa shape index (κ3) is 1.78. The first-order valence-corrected chi connectivity index (χ1v) is 5.54. The van der Waals surface area contributed by atoms with E-state index in [1.54, 1.807) is 7.11 Å². The van der Waals surface area contributed by atoms with Gasteiger partial charge in [0.05, 0.1) is 12.1 Å². The van der Waals surface area contributed by atoms with Gasteiger partial charge < -0.3 is 10.1 Å². The van der Waals surface area contributed by atoms with Gasteiger partial charge in [-0.25, -0.2) is 0 Å². The average molecular weight is 226 g/mol. The molecule has 1 aromatic carbocycles. The fraction of sp³-hybridized carbons (Fsp3) is 0.500. The second-order valence-electron chi connectivity index (χ2n) is 4.59. The molecule has 0 aromatic heterocycles. The molecule has 1 heterocycles. The summed E-state index contributed by atoms with van der Waals surface area (Å²) >= 11 is 6.09. The Morgan fingerprint density at radius 2 is 2.13 bits per heavy atom. The number of halogens is 1. The number of anilines is 1. The van der Waals surface area contributed by atoms with Crippen molar-refractivity contribution >= 4 is 17.3 Å². The van der Waals surface area contributed by atoms with E-state index >= 15 is 0 Å². The number of methoxy groups -OCH3 is 1. The Morgan fingerprint density at radius 1 is 1.40 bits per heavy atom. The predicted octanol–water partition coefficient (Wildman–Crippen LogP) is 3.44. The summed E-state index contributed by atoms with van der Waals surface area (Å²) in [5, 5.41) is 4.04. The Bertz CT molecular complexity index is 387. The van der Waals surface area contributed by atoms with Crippen LogP contribution in [0.2, 0.25) is 5.02 Å². The van der Waals surface area contributed by atoms with Gasteiger partial charge in [0.25, 0.3) is 0 Å². The van der Waals surface area contributed by atoms with Crippen LogP contribution in [0.3, 0.4) is 0 Å². The zero-order valence-corrected chi connectivity index (χ0v) is 10.1. The highest BCUT2D eigenvalue weighted by Gasteiger charge is 2.28. The molecule has 0 fully saturated rings. The van der Waals surface area contributed by atoms with Gasteiger partial charge in [0, 0.05) is 12.2 Å². The van der Waals surface area contributed by atoms with E-state index in [0.717, 1.165) is 24.4 Å². The molecule has 3 heteroatoms. The van der Waals surface area contributed by atoms with Crippen molar-refractivity contribution in [2.75, 3.05) is 19.0 Å². The van der Waals surface area contributed by atoms with Gasteiger partial charge in [-0.15, -0.1) is 0 Å². The fourth-order valence-corrected chi connectivity index (χ4v) is 2.30. The van der Waals surface area contributed by atoms with E-state index in [1.165, 1.54) is 5.56 Å². The lowest BCUT2D eigenvalue weighted by Gasteiger charge is -2.33. The van der Waals surface area contributed by atoms with Crippen molar-refractivity contribution in [1.82, 2.24) is 0 Å². The molecule has 0 unspecified atom stereocenters. The second-order valence-corrected chi connectivity index (χ2v) is 5.00. The third-order valence-corrected chi connectivity index (χ3v) is 3.38. The van der Waals surface area contributed by atoms with E-state index in [0.29, 0.717) is 5.02 Å². The first-order valence-electron chi connectivity index (χ1n) is 5.16. The monoisotopic (exact) mass is 225 g/mol. The van der Waals surface area contributed by atoms with Crippen molar-refractivity contribution in [3.63, 3.8) is 0 Å². The number of benzene rings is 1. The van der Waals surface area contributed by atoms with E-state index < -0.39 is 0 Å². The standard InChI is InChI=1S/C12H16ClNO/c1-12(2)4-5-14-10-7-9(13)11(15-3)6-8(10)12/h6-7,14H,4-5H2,1-3H3. The molecule has 0 radical (unpaired) electrons. The molecule has 1 aromatic rings. The van der Waals surface area contributed by atoms with Crippen LogP contribution >= 0.6 is 11.6 Å². The van der Waals surface area contributed by atoms with Crippen LogP contribution in [0.25, 0.3) is 0 Å². The lowest BCUT2D eigenvalue weighted by molar-refractivity contribution is 0.410. The van der Waals surface area contributed by atoms with Crippen LogP contribution in [0.5, 0.6) is 5.75 Å². The fourth-order valence-electron chi connectivity index (χ4n) is 2.06. The minimum Gasteiger partial charge on any atom is -0.495 e. The lowest BCUT2D eigenvalue weighted by Crippen LogP contribution is -2.28. The molecule has 0 spiro atoms. The minimum absolute atomic E-state index is 0.193. The Hall–Kier alpha value is -0.890. The summed E-state index contributed by atoms with van der Waals surface area (Å²) in [6, 6.07) is 4.00. The predicted molar refractivity (Wildman–Crippen MR) is 64.1 cm³/mol. The SMILES string of the molecule is COc1cc2c(cc1Cl)NCCC2(C)C. The number of hydrogen-bond donors (Lipinski definition) is 1. The van der Waals surface area contributed by atoms with E-state index in [9.17, 15) is 0 Å². The van der Waals surface area contributed by atoms with Gasteiger partial charge in [0.2, 0.25) is 0 Å². The zero-order chi connectivity index (χ0) is 11.1. The van der Waals surface area contributed by atoms with Crippen molar-refractivity contribution in [2.45, 2.75) is 25.7 Å². The second kappa shape index (κ2) is 3.60. The first kappa shape index (κ1) is 10.6. The highest BCUT2D eigenvalue weighted by Crippen LogP contribution is 2.41. The summed E-state index contributed by atoms with van der Waals surface area (Å²) in [4.78, 5) is 0. The molecule has 2 rings (SSSR count). The Kier molecular flexibility index (Phi) is 2.55. The quantitative estimate of drug-likeness (QED) is 0.791. The molecule has 0 amide bonds. The van der Waals surface area contributed by atoms with Crippen LogP contribution in [-0.4, -0.2) is 13.7 Å². The van der Waals surface area contributed by atoms with E-state index in [4.69, 9.17) is 16.3 Å². The minimum atomic E-state index is 0.193. The summed E-state index contributed by atoms with van der Waals surface area (Å²) in [5.41, 5.74) is 2.62. The molecule has 0 atom stereocenters. The molecule has 1 aliphatic heterocycles. The molecule has 0 aliphatic carbocycles. The molecule has 1 N–H and O–H groups in total. The van der Waals surface area contributed by atoms with Crippen molar-refractivity contribution in [1.29, 1.82) is 0 Å². The summed E-state index contributed by atoms with van der Waals surface area (Å²) < 4.78 is 5.24. The van der Waals surface area contributed by atoms with Gasteiger partial charge in [-0.3, -0.25) is 0 Å². The number of fused-ring (bicyclic) bond motifs is 1. The Balaban J connectivity index is 2.56. The van der Waals surface area contributed by atoms with Gasteiger partial charge >= 0.3 is 0 Å². The first-order chi connectivity index (χ1) is 7.04. The van der Waals surface area contributed by atoms with Crippen molar-refractivity contribution in [2.24, 2.45) is 0 Å². The normalized spacial score (nSPS) is 17.9. The highest BCUT2D eigenvalue weighted by atomic mass is 35.5. The van der Waals surface area contributed by atoms with Crippen molar-refractivity contribution in [3.8, 4) is 5.75 Å². The maximum Gasteiger partial charge on any atom is 0.137 e. The summed E-state index contributed by atoms with van der Waals surface area (Å²) in [6.45, 7) is 5.50. The van der Waals surface area contributed by atoms with E-state index in [1.807, 2.05) is 12.1 Å². The summed E-state index contributed by atoms with van der Waals surface area (Å²) in [5.74, 6) is 0.757. The van der Waals surface area contributed by atoms with E-state index in [-0.39, 0.29) is 5.41 Å². The molecule has 0 bridgehead atoms. The number of ether oxygens (including phenoxy) is 1. The van der Waals surface area contributed by atoms with Gasteiger partial charge in [-0.05, 0) is 29.5 Å². The average Bonchev–Trinajstić information content (AvgIpc) is 2.16. The van der Waals surface area contributed by atoms with Crippen LogP contribution in [0.4, 0.5) is 5.69 Å². The van der Waals surface area contributed by atoms with Crippen molar-refractivity contribution < 1.29 is 4.74 Å². The van der Waals surface area contributed by atoms with Crippen LogP contribution in [-0.2, 0) is 5.41 Å². The Morgan fingerprint density at radius 3 is 2.80 bits per heavy atom. The molecule has 1 aliphatic rings. The molecule has 15 heavy (non-hydrogen) atoms. The smallest absolute Gasteiger partial charge is 0.137 e. The largest absolute Gasteiger partial charge is 0.495 e. The molecule has 2 nitrogen and oxygen atoms in total. The van der Waals surface area contributed by atoms with Crippen molar-refractivity contribution in [3.05, 3.63) is 22.7 Å². The molecule has 0 saturated heterocycles. The van der Waals surface area contributed by atoms with Gasteiger partial charge in [-0.2, -0.15) is 0 Å². The molecule has 82 valence electrons. The highest BCUT2D eigenvalue weighted by molar-refractivity contribution is 6.32. The topological polar surface area (TPSA) is 21.3 Å². The maximum atomic E-state index is 6.09. The summed E-state index contributed by atoms with van der Waals surface area (Å²) in [7, 11) is 1.65. The summed E-state index contributed by atoms with van der Waals surface area (Å²) in [6.07, 6.45) is 1.13.